The van der Waals surface area contributed by atoms with Gasteiger partial charge in [-0.3, -0.25) is 0 Å². The molecule has 0 aliphatic rings. The molecule has 0 saturated heterocycles. The van der Waals surface area contributed by atoms with Gasteiger partial charge in [0.1, 0.15) is 11.8 Å². The molecule has 0 fully saturated rings. The van der Waals surface area contributed by atoms with Crippen molar-refractivity contribution < 1.29 is 9.47 Å². The maximum atomic E-state index is 5.94. The number of para-hydroxylation sites is 2. The van der Waals surface area contributed by atoms with Crippen LogP contribution in [0.25, 0.3) is 0 Å². The second kappa shape index (κ2) is 5.98. The lowest BCUT2D eigenvalue weighted by Crippen LogP contribution is -2.08. The summed E-state index contributed by atoms with van der Waals surface area (Å²) in [6.07, 6.45) is 1.58. The fourth-order valence-electron chi connectivity index (χ4n) is 1.49. The molecule has 0 amide bonds. The Hall–Kier alpha value is -1.39. The van der Waals surface area contributed by atoms with Crippen molar-refractivity contribution in [1.29, 1.82) is 0 Å². The minimum Gasteiger partial charge on any atom is -0.493 e. The number of methoxy groups -OCH3 is 1. The molecular formula is C12H12Cl2N2O2. The second-order valence-electron chi connectivity index (χ2n) is 3.52. The number of hydrogen-bond donors (Lipinski definition) is 0. The SMILES string of the molecule is COc1ccccc1OCCn1cnc(Cl)c1Cl. The van der Waals surface area contributed by atoms with Crippen LogP contribution in [0.5, 0.6) is 11.5 Å². The van der Waals surface area contributed by atoms with Gasteiger partial charge in [-0.1, -0.05) is 35.3 Å². The summed E-state index contributed by atoms with van der Waals surface area (Å²) in [4.78, 5) is 3.89. The lowest BCUT2D eigenvalue weighted by molar-refractivity contribution is 0.280. The largest absolute Gasteiger partial charge is 0.493 e. The van der Waals surface area contributed by atoms with Gasteiger partial charge in [0.15, 0.2) is 16.7 Å². The van der Waals surface area contributed by atoms with Crippen LogP contribution < -0.4 is 9.47 Å². The van der Waals surface area contributed by atoms with Crippen LogP contribution in [0.15, 0.2) is 30.6 Å². The fraction of sp³-hybridized carbons (Fsp3) is 0.250. The van der Waals surface area contributed by atoms with E-state index in [1.807, 2.05) is 24.3 Å². The highest BCUT2D eigenvalue weighted by Gasteiger charge is 2.06. The summed E-state index contributed by atoms with van der Waals surface area (Å²) < 4.78 is 12.5. The molecule has 0 unspecified atom stereocenters. The maximum absolute atomic E-state index is 5.94. The van der Waals surface area contributed by atoms with Crippen LogP contribution in [0.2, 0.25) is 10.3 Å². The van der Waals surface area contributed by atoms with Crippen molar-refractivity contribution in [1.82, 2.24) is 9.55 Å². The van der Waals surface area contributed by atoms with Crippen molar-refractivity contribution in [2.24, 2.45) is 0 Å². The standard InChI is InChI=1S/C12H12Cl2N2O2/c1-17-9-4-2-3-5-10(9)18-7-6-16-8-15-11(13)12(16)14/h2-5,8H,6-7H2,1H3. The van der Waals surface area contributed by atoms with Crippen molar-refractivity contribution in [2.75, 3.05) is 13.7 Å². The summed E-state index contributed by atoms with van der Waals surface area (Å²) in [6, 6.07) is 7.47. The average molecular weight is 287 g/mol. The van der Waals surface area contributed by atoms with E-state index in [9.17, 15) is 0 Å². The molecule has 0 N–H and O–H groups in total. The fourth-order valence-corrected chi connectivity index (χ4v) is 1.82. The molecule has 2 rings (SSSR count). The monoisotopic (exact) mass is 286 g/mol. The Morgan fingerprint density at radius 3 is 2.56 bits per heavy atom. The Balaban J connectivity index is 1.94. The molecule has 4 nitrogen and oxygen atoms in total. The molecule has 2 aromatic rings. The molecule has 0 atom stereocenters. The summed E-state index contributed by atoms with van der Waals surface area (Å²) in [5, 5.41) is 0.717. The summed E-state index contributed by atoms with van der Waals surface area (Å²) in [7, 11) is 1.61. The maximum Gasteiger partial charge on any atom is 0.166 e. The third kappa shape index (κ3) is 2.89. The Morgan fingerprint density at radius 2 is 1.94 bits per heavy atom. The zero-order valence-electron chi connectivity index (χ0n) is 9.77. The summed E-state index contributed by atoms with van der Waals surface area (Å²) in [6.45, 7) is 1.02. The van der Waals surface area contributed by atoms with Gasteiger partial charge >= 0.3 is 0 Å². The quantitative estimate of drug-likeness (QED) is 0.846. The first-order chi connectivity index (χ1) is 8.72. The summed E-state index contributed by atoms with van der Waals surface area (Å²) in [5.41, 5.74) is 0. The Labute approximate surface area is 115 Å². The van der Waals surface area contributed by atoms with E-state index in [1.54, 1.807) is 18.0 Å². The van der Waals surface area contributed by atoms with Gasteiger partial charge in [0, 0.05) is 0 Å². The van der Waals surface area contributed by atoms with Crippen LogP contribution in [-0.4, -0.2) is 23.3 Å². The second-order valence-corrected chi connectivity index (χ2v) is 4.23. The van der Waals surface area contributed by atoms with E-state index in [2.05, 4.69) is 4.98 Å². The molecule has 1 aromatic carbocycles. The van der Waals surface area contributed by atoms with Crippen LogP contribution in [-0.2, 0) is 6.54 Å². The van der Waals surface area contributed by atoms with Crippen LogP contribution in [0.3, 0.4) is 0 Å². The zero-order valence-corrected chi connectivity index (χ0v) is 11.3. The lowest BCUT2D eigenvalue weighted by Gasteiger charge is -2.10. The predicted molar refractivity (Wildman–Crippen MR) is 70.7 cm³/mol. The van der Waals surface area contributed by atoms with Crippen LogP contribution in [0.1, 0.15) is 0 Å². The Morgan fingerprint density at radius 1 is 1.22 bits per heavy atom. The highest BCUT2D eigenvalue weighted by molar-refractivity contribution is 6.40. The molecular weight excluding hydrogens is 275 g/mol. The average Bonchev–Trinajstić information content (AvgIpc) is 2.71. The molecule has 0 spiro atoms. The third-order valence-electron chi connectivity index (χ3n) is 2.39. The number of hydrogen-bond acceptors (Lipinski definition) is 3. The predicted octanol–water partition coefficient (Wildman–Crippen LogP) is 3.28. The molecule has 96 valence electrons. The number of ether oxygens (including phenoxy) is 2. The van der Waals surface area contributed by atoms with Crippen molar-refractivity contribution in [3.05, 3.63) is 40.9 Å². The molecule has 0 radical (unpaired) electrons. The zero-order chi connectivity index (χ0) is 13.0. The normalized spacial score (nSPS) is 10.4. The smallest absolute Gasteiger partial charge is 0.166 e. The van der Waals surface area contributed by atoms with E-state index >= 15 is 0 Å². The van der Waals surface area contributed by atoms with Gasteiger partial charge in [-0.15, -0.1) is 0 Å². The van der Waals surface area contributed by atoms with Gasteiger partial charge in [-0.25, -0.2) is 4.98 Å². The van der Waals surface area contributed by atoms with E-state index in [4.69, 9.17) is 32.7 Å². The molecule has 0 aliphatic heterocycles. The molecule has 0 bridgehead atoms. The van der Waals surface area contributed by atoms with E-state index in [0.29, 0.717) is 35.0 Å². The van der Waals surface area contributed by atoms with Gasteiger partial charge in [0.25, 0.3) is 0 Å². The number of rotatable bonds is 5. The molecule has 18 heavy (non-hydrogen) atoms. The van der Waals surface area contributed by atoms with Gasteiger partial charge in [0.2, 0.25) is 0 Å². The number of nitrogens with zero attached hydrogens (tertiary/aromatic N) is 2. The lowest BCUT2D eigenvalue weighted by atomic mass is 10.3. The molecule has 1 aromatic heterocycles. The highest BCUT2D eigenvalue weighted by Crippen LogP contribution is 2.26. The highest BCUT2D eigenvalue weighted by atomic mass is 35.5. The number of benzene rings is 1. The summed E-state index contributed by atoms with van der Waals surface area (Å²) in [5.74, 6) is 1.40. The third-order valence-corrected chi connectivity index (χ3v) is 3.16. The first-order valence-electron chi connectivity index (χ1n) is 5.34. The van der Waals surface area contributed by atoms with Crippen molar-refractivity contribution in [3.8, 4) is 11.5 Å². The first-order valence-corrected chi connectivity index (χ1v) is 6.10. The first kappa shape index (κ1) is 13.1. The molecule has 0 saturated carbocycles. The minimum atomic E-state index is 0.300. The van der Waals surface area contributed by atoms with Crippen LogP contribution in [0, 0.1) is 0 Å². The van der Waals surface area contributed by atoms with Gasteiger partial charge in [-0.2, -0.15) is 0 Å². The van der Waals surface area contributed by atoms with E-state index in [1.165, 1.54) is 0 Å². The number of aromatic nitrogens is 2. The van der Waals surface area contributed by atoms with Crippen molar-refractivity contribution in [2.45, 2.75) is 6.54 Å². The van der Waals surface area contributed by atoms with Crippen LogP contribution in [0.4, 0.5) is 0 Å². The van der Waals surface area contributed by atoms with Gasteiger partial charge in [0.05, 0.1) is 20.0 Å². The van der Waals surface area contributed by atoms with Crippen molar-refractivity contribution in [3.63, 3.8) is 0 Å². The molecule has 0 aliphatic carbocycles. The van der Waals surface area contributed by atoms with Gasteiger partial charge < -0.3 is 14.0 Å². The van der Waals surface area contributed by atoms with E-state index in [-0.39, 0.29) is 0 Å². The number of imidazole rings is 1. The van der Waals surface area contributed by atoms with Crippen molar-refractivity contribution >= 4 is 23.2 Å². The van der Waals surface area contributed by atoms with Gasteiger partial charge in [-0.05, 0) is 12.1 Å². The Kier molecular flexibility index (Phi) is 4.33. The molecule has 1 heterocycles. The Bertz CT molecular complexity index is 529. The topological polar surface area (TPSA) is 36.3 Å². The number of halogens is 2. The van der Waals surface area contributed by atoms with Crippen LogP contribution >= 0.6 is 23.2 Å². The van der Waals surface area contributed by atoms with E-state index in [0.717, 1.165) is 0 Å². The summed E-state index contributed by atoms with van der Waals surface area (Å²) >= 11 is 11.7. The minimum absolute atomic E-state index is 0.300. The van der Waals surface area contributed by atoms with E-state index < -0.39 is 0 Å². The molecule has 6 heteroatoms.